The third-order valence-electron chi connectivity index (χ3n) is 3.03. The molecule has 5 nitrogen and oxygen atoms in total. The van der Waals surface area contributed by atoms with Crippen LogP contribution in [0.25, 0.3) is 0 Å². The summed E-state index contributed by atoms with van der Waals surface area (Å²) in [7, 11) is 0. The summed E-state index contributed by atoms with van der Waals surface area (Å²) in [6, 6.07) is 8.88. The molecule has 5 heteroatoms. The smallest absolute Gasteiger partial charge is 0.338 e. The number of nitrogen functional groups attached to an aromatic ring is 1. The van der Waals surface area contributed by atoms with Crippen molar-refractivity contribution in [2.45, 2.75) is 20.3 Å². The van der Waals surface area contributed by atoms with E-state index < -0.39 is 0 Å². The number of ether oxygens (including phenoxy) is 1. The van der Waals surface area contributed by atoms with Crippen molar-refractivity contribution in [2.24, 2.45) is 0 Å². The summed E-state index contributed by atoms with van der Waals surface area (Å²) in [6.45, 7) is 4.32. The number of nitrogens with one attached hydrogen (secondary N) is 1. The number of nitrogens with two attached hydrogens (primary N) is 1. The highest BCUT2D eigenvalue weighted by atomic mass is 16.5. The number of benzene rings is 1. The quantitative estimate of drug-likeness (QED) is 0.824. The first kappa shape index (κ1) is 14.8. The maximum absolute atomic E-state index is 11.7. The zero-order chi connectivity index (χ0) is 15.2. The van der Waals surface area contributed by atoms with Gasteiger partial charge in [-0.15, -0.1) is 0 Å². The van der Waals surface area contributed by atoms with Crippen LogP contribution in [0.15, 0.2) is 36.5 Å². The van der Waals surface area contributed by atoms with Gasteiger partial charge in [0.2, 0.25) is 0 Å². The van der Waals surface area contributed by atoms with Crippen molar-refractivity contribution in [2.75, 3.05) is 17.7 Å². The Hall–Kier alpha value is -2.56. The van der Waals surface area contributed by atoms with E-state index in [4.69, 9.17) is 10.5 Å². The molecule has 2 aromatic rings. The number of rotatable bonds is 5. The second-order valence-electron chi connectivity index (χ2n) is 4.73. The van der Waals surface area contributed by atoms with Crippen LogP contribution in [0.3, 0.4) is 0 Å². The van der Waals surface area contributed by atoms with E-state index >= 15 is 0 Å². The number of carbonyl (C=O) groups excluding carboxylic acids is 1. The highest BCUT2D eigenvalue weighted by Crippen LogP contribution is 2.23. The van der Waals surface area contributed by atoms with Crippen molar-refractivity contribution in [3.63, 3.8) is 0 Å². The molecule has 0 amide bonds. The van der Waals surface area contributed by atoms with E-state index in [0.29, 0.717) is 23.7 Å². The highest BCUT2D eigenvalue weighted by Gasteiger charge is 2.07. The fourth-order valence-corrected chi connectivity index (χ4v) is 1.77. The van der Waals surface area contributed by atoms with Gasteiger partial charge >= 0.3 is 5.97 Å². The highest BCUT2D eigenvalue weighted by molar-refractivity contribution is 5.90. The van der Waals surface area contributed by atoms with Gasteiger partial charge in [0.05, 0.1) is 17.9 Å². The van der Waals surface area contributed by atoms with Crippen molar-refractivity contribution in [1.29, 1.82) is 0 Å². The molecule has 0 bridgehead atoms. The van der Waals surface area contributed by atoms with Crippen LogP contribution < -0.4 is 11.1 Å². The van der Waals surface area contributed by atoms with E-state index in [1.54, 1.807) is 30.5 Å². The molecule has 110 valence electrons. The summed E-state index contributed by atoms with van der Waals surface area (Å²) in [5, 5.41) is 3.13. The summed E-state index contributed by atoms with van der Waals surface area (Å²) < 4.78 is 5.08. The van der Waals surface area contributed by atoms with Gasteiger partial charge in [0, 0.05) is 11.9 Å². The van der Waals surface area contributed by atoms with Gasteiger partial charge in [-0.2, -0.15) is 0 Å². The Labute approximate surface area is 124 Å². The van der Waals surface area contributed by atoms with Crippen molar-refractivity contribution in [1.82, 2.24) is 4.98 Å². The molecule has 0 atom stereocenters. The number of aromatic nitrogens is 1. The fourth-order valence-electron chi connectivity index (χ4n) is 1.77. The van der Waals surface area contributed by atoms with Crippen LogP contribution in [-0.2, 0) is 4.74 Å². The topological polar surface area (TPSA) is 77.2 Å². The van der Waals surface area contributed by atoms with Gasteiger partial charge < -0.3 is 15.8 Å². The lowest BCUT2D eigenvalue weighted by atomic mass is 10.2. The van der Waals surface area contributed by atoms with Crippen molar-refractivity contribution < 1.29 is 9.53 Å². The average molecular weight is 285 g/mol. The molecule has 0 saturated carbocycles. The standard InChI is InChI=1S/C16H19N3O2/c1-3-10-21-16(20)12-4-6-13(7-5-12)19-15-14(17)11(2)8-9-18-15/h4-9H,3,10,17H2,1-2H3,(H,18,19). The molecule has 3 N–H and O–H groups in total. The zero-order valence-electron chi connectivity index (χ0n) is 12.2. The van der Waals surface area contributed by atoms with E-state index in [0.717, 1.165) is 17.7 Å². The lowest BCUT2D eigenvalue weighted by Crippen LogP contribution is -2.06. The normalized spacial score (nSPS) is 10.2. The van der Waals surface area contributed by atoms with Gasteiger partial charge in [0.15, 0.2) is 5.82 Å². The molecule has 2 rings (SSSR count). The molecule has 0 aliphatic heterocycles. The first-order chi connectivity index (χ1) is 10.1. The van der Waals surface area contributed by atoms with Crippen LogP contribution in [0.1, 0.15) is 29.3 Å². The molecule has 1 heterocycles. The van der Waals surface area contributed by atoms with E-state index in [-0.39, 0.29) is 5.97 Å². The minimum Gasteiger partial charge on any atom is -0.462 e. The largest absolute Gasteiger partial charge is 0.462 e. The Morgan fingerprint density at radius 2 is 2.00 bits per heavy atom. The molecular formula is C16H19N3O2. The van der Waals surface area contributed by atoms with Crippen molar-refractivity contribution in [3.05, 3.63) is 47.7 Å². The third-order valence-corrected chi connectivity index (χ3v) is 3.03. The number of pyridine rings is 1. The molecule has 0 saturated heterocycles. The first-order valence-corrected chi connectivity index (χ1v) is 6.87. The number of carbonyl (C=O) groups is 1. The Balaban J connectivity index is 2.09. The number of hydrogen-bond donors (Lipinski definition) is 2. The Morgan fingerprint density at radius 1 is 1.29 bits per heavy atom. The van der Waals surface area contributed by atoms with Gasteiger partial charge in [-0.1, -0.05) is 6.92 Å². The number of anilines is 3. The van der Waals surface area contributed by atoms with Crippen LogP contribution in [0.2, 0.25) is 0 Å². The first-order valence-electron chi connectivity index (χ1n) is 6.87. The van der Waals surface area contributed by atoms with Gasteiger partial charge in [0.1, 0.15) is 0 Å². The minimum absolute atomic E-state index is 0.309. The number of esters is 1. The molecule has 0 radical (unpaired) electrons. The lowest BCUT2D eigenvalue weighted by molar-refractivity contribution is 0.0505. The van der Waals surface area contributed by atoms with E-state index in [1.807, 2.05) is 19.9 Å². The van der Waals surface area contributed by atoms with E-state index in [9.17, 15) is 4.79 Å². The molecule has 1 aromatic carbocycles. The van der Waals surface area contributed by atoms with Crippen LogP contribution in [-0.4, -0.2) is 17.6 Å². The second-order valence-corrected chi connectivity index (χ2v) is 4.73. The monoisotopic (exact) mass is 285 g/mol. The summed E-state index contributed by atoms with van der Waals surface area (Å²) in [6.07, 6.45) is 2.51. The van der Waals surface area contributed by atoms with Crippen LogP contribution >= 0.6 is 0 Å². The zero-order valence-corrected chi connectivity index (χ0v) is 12.2. The number of hydrogen-bond acceptors (Lipinski definition) is 5. The summed E-state index contributed by atoms with van der Waals surface area (Å²) >= 11 is 0. The van der Waals surface area contributed by atoms with Gasteiger partial charge in [0.25, 0.3) is 0 Å². The summed E-state index contributed by atoms with van der Waals surface area (Å²) in [5.41, 5.74) is 8.88. The molecule has 0 fully saturated rings. The maximum Gasteiger partial charge on any atom is 0.338 e. The Bertz CT molecular complexity index is 624. The predicted octanol–water partition coefficient (Wildman–Crippen LogP) is 3.28. The fraction of sp³-hybridized carbons (Fsp3) is 0.250. The summed E-state index contributed by atoms with van der Waals surface area (Å²) in [5.74, 6) is 0.299. The van der Waals surface area contributed by atoms with Crippen LogP contribution in [0.5, 0.6) is 0 Å². The second kappa shape index (κ2) is 6.74. The van der Waals surface area contributed by atoms with Gasteiger partial charge in [-0.05, 0) is 49.2 Å². The van der Waals surface area contributed by atoms with Crippen LogP contribution in [0.4, 0.5) is 17.2 Å². The predicted molar refractivity (Wildman–Crippen MR) is 83.7 cm³/mol. The molecule has 21 heavy (non-hydrogen) atoms. The van der Waals surface area contributed by atoms with Gasteiger partial charge in [-0.25, -0.2) is 9.78 Å². The average Bonchev–Trinajstić information content (AvgIpc) is 2.50. The SMILES string of the molecule is CCCOC(=O)c1ccc(Nc2nccc(C)c2N)cc1. The van der Waals surface area contributed by atoms with Gasteiger partial charge in [-0.3, -0.25) is 0 Å². The number of nitrogens with zero attached hydrogens (tertiary/aromatic N) is 1. The Morgan fingerprint density at radius 3 is 2.67 bits per heavy atom. The molecule has 0 spiro atoms. The van der Waals surface area contributed by atoms with Crippen LogP contribution in [0, 0.1) is 6.92 Å². The van der Waals surface area contributed by atoms with Crippen molar-refractivity contribution in [3.8, 4) is 0 Å². The lowest BCUT2D eigenvalue weighted by Gasteiger charge is -2.10. The van der Waals surface area contributed by atoms with Crippen molar-refractivity contribution >= 4 is 23.2 Å². The molecular weight excluding hydrogens is 266 g/mol. The molecule has 1 aromatic heterocycles. The third kappa shape index (κ3) is 3.72. The van der Waals surface area contributed by atoms with E-state index in [1.165, 1.54) is 0 Å². The number of aryl methyl sites for hydroxylation is 1. The molecule has 0 aliphatic rings. The molecule has 0 unspecified atom stereocenters. The minimum atomic E-state index is -0.309. The Kier molecular flexibility index (Phi) is 4.77. The molecule has 0 aliphatic carbocycles. The summed E-state index contributed by atoms with van der Waals surface area (Å²) in [4.78, 5) is 15.9. The maximum atomic E-state index is 11.7. The van der Waals surface area contributed by atoms with E-state index in [2.05, 4.69) is 10.3 Å².